The van der Waals surface area contributed by atoms with Gasteiger partial charge in [-0.3, -0.25) is 0 Å². The first-order valence-corrected chi connectivity index (χ1v) is 8.17. The molecule has 0 aliphatic heterocycles. The van der Waals surface area contributed by atoms with Gasteiger partial charge in [-0.25, -0.2) is 0 Å². The molecule has 0 saturated heterocycles. The summed E-state index contributed by atoms with van der Waals surface area (Å²) in [7, 11) is 0. The molecule has 126 valence electrons. The summed E-state index contributed by atoms with van der Waals surface area (Å²) >= 11 is 0. The fraction of sp³-hybridized carbons (Fsp3) is 1.00. The smallest absolute Gasteiger partial charge is 0.0853 e. The van der Waals surface area contributed by atoms with Gasteiger partial charge in [0.1, 0.15) is 0 Å². The van der Waals surface area contributed by atoms with Crippen LogP contribution in [0.2, 0.25) is 0 Å². The first-order chi connectivity index (χ1) is 9.97. The summed E-state index contributed by atoms with van der Waals surface area (Å²) in [4.78, 5) is 0. The predicted molar refractivity (Wildman–Crippen MR) is 81.0 cm³/mol. The van der Waals surface area contributed by atoms with Crippen molar-refractivity contribution in [1.82, 2.24) is 0 Å². The van der Waals surface area contributed by atoms with Crippen LogP contribution in [0.3, 0.4) is 0 Å². The van der Waals surface area contributed by atoms with E-state index in [-0.39, 0.29) is 30.7 Å². The third kappa shape index (κ3) is 6.20. The number of hydrogen-bond acceptors (Lipinski definition) is 5. The largest absolute Gasteiger partial charge is 0.396 e. The molecule has 1 rings (SSSR count). The van der Waals surface area contributed by atoms with Gasteiger partial charge in [0, 0.05) is 31.7 Å². The number of hydrogen-bond donors (Lipinski definition) is 3. The zero-order chi connectivity index (χ0) is 15.8. The summed E-state index contributed by atoms with van der Waals surface area (Å²) in [5, 5.41) is 29.1. The molecule has 0 aromatic rings. The molecule has 5 atom stereocenters. The highest BCUT2D eigenvalue weighted by molar-refractivity contribution is 4.91. The van der Waals surface area contributed by atoms with Crippen LogP contribution in [-0.4, -0.2) is 59.6 Å². The normalized spacial score (nSPS) is 33.6. The zero-order valence-electron chi connectivity index (χ0n) is 13.6. The summed E-state index contributed by atoms with van der Waals surface area (Å²) in [5.41, 5.74) is 0. The Bertz CT molecular complexity index is 269. The summed E-state index contributed by atoms with van der Waals surface area (Å²) in [5.74, 6) is -0.396. The molecular weight excluding hydrogens is 272 g/mol. The van der Waals surface area contributed by atoms with Gasteiger partial charge in [-0.15, -0.1) is 0 Å². The maximum Gasteiger partial charge on any atom is 0.0853 e. The molecule has 1 saturated carbocycles. The predicted octanol–water partition coefficient (Wildman–Crippen LogP) is 1.34. The number of rotatable bonds is 9. The second-order valence-electron chi connectivity index (χ2n) is 6.41. The van der Waals surface area contributed by atoms with E-state index < -0.39 is 12.2 Å². The molecule has 0 radical (unpaired) electrons. The third-order valence-corrected chi connectivity index (χ3v) is 4.30. The molecule has 0 bridgehead atoms. The van der Waals surface area contributed by atoms with E-state index in [1.54, 1.807) is 0 Å². The van der Waals surface area contributed by atoms with Gasteiger partial charge in [0.15, 0.2) is 0 Å². The van der Waals surface area contributed by atoms with E-state index in [0.29, 0.717) is 13.0 Å². The Labute approximate surface area is 128 Å². The van der Waals surface area contributed by atoms with E-state index >= 15 is 0 Å². The summed E-state index contributed by atoms with van der Waals surface area (Å²) in [6, 6.07) is 0. The van der Waals surface area contributed by atoms with Crippen molar-refractivity contribution in [3.63, 3.8) is 0 Å². The zero-order valence-corrected chi connectivity index (χ0v) is 13.6. The van der Waals surface area contributed by atoms with Crippen molar-refractivity contribution >= 4 is 0 Å². The van der Waals surface area contributed by atoms with Gasteiger partial charge in [-0.05, 0) is 39.5 Å². The van der Waals surface area contributed by atoms with Crippen molar-refractivity contribution < 1.29 is 24.8 Å². The minimum atomic E-state index is -0.849. The molecule has 0 aromatic heterocycles. The van der Waals surface area contributed by atoms with E-state index in [1.807, 2.05) is 20.8 Å². The van der Waals surface area contributed by atoms with Crippen LogP contribution < -0.4 is 0 Å². The highest BCUT2D eigenvalue weighted by Crippen LogP contribution is 2.31. The monoisotopic (exact) mass is 304 g/mol. The van der Waals surface area contributed by atoms with E-state index in [0.717, 1.165) is 25.9 Å². The Hall–Kier alpha value is -0.200. The van der Waals surface area contributed by atoms with Gasteiger partial charge in [0.2, 0.25) is 0 Å². The van der Waals surface area contributed by atoms with Gasteiger partial charge in [0.25, 0.3) is 0 Å². The molecule has 5 nitrogen and oxygen atoms in total. The maximum absolute atomic E-state index is 9.99. The Morgan fingerprint density at radius 2 is 1.71 bits per heavy atom. The topological polar surface area (TPSA) is 79.2 Å². The van der Waals surface area contributed by atoms with Crippen molar-refractivity contribution in [3.05, 3.63) is 0 Å². The molecule has 0 spiro atoms. The molecule has 0 aromatic carbocycles. The number of aliphatic hydroxyl groups is 3. The van der Waals surface area contributed by atoms with E-state index in [4.69, 9.17) is 9.47 Å². The molecule has 0 amide bonds. The van der Waals surface area contributed by atoms with Crippen molar-refractivity contribution in [1.29, 1.82) is 0 Å². The van der Waals surface area contributed by atoms with Crippen LogP contribution in [-0.2, 0) is 9.47 Å². The standard InChI is InChI=1S/C16H32O5/c1-11(2)20-7-5-4-6-8-21-14-9-13(10-17)16(19)15(18)12(14)3/h11-19H,4-10H2,1-3H3. The molecule has 1 aliphatic carbocycles. The van der Waals surface area contributed by atoms with Crippen molar-refractivity contribution in [2.75, 3.05) is 19.8 Å². The SMILES string of the molecule is CC(C)OCCCCCOC1CC(CO)C(O)C(O)C1C. The molecule has 5 heteroatoms. The Kier molecular flexibility index (Phi) is 8.74. The second-order valence-corrected chi connectivity index (χ2v) is 6.41. The van der Waals surface area contributed by atoms with Crippen molar-refractivity contribution in [3.8, 4) is 0 Å². The van der Waals surface area contributed by atoms with Crippen LogP contribution in [0.25, 0.3) is 0 Å². The van der Waals surface area contributed by atoms with Crippen LogP contribution in [0, 0.1) is 11.8 Å². The average Bonchev–Trinajstić information content (AvgIpc) is 2.45. The minimum absolute atomic E-state index is 0.0903. The second kappa shape index (κ2) is 9.74. The van der Waals surface area contributed by atoms with Crippen molar-refractivity contribution in [2.24, 2.45) is 11.8 Å². The fourth-order valence-corrected chi connectivity index (χ4v) is 2.80. The molecular formula is C16H32O5. The molecule has 1 aliphatic rings. The molecule has 0 heterocycles. The lowest BCUT2D eigenvalue weighted by molar-refractivity contribution is -0.144. The Morgan fingerprint density at radius 1 is 1.05 bits per heavy atom. The fourth-order valence-electron chi connectivity index (χ4n) is 2.80. The number of unbranched alkanes of at least 4 members (excludes halogenated alkanes) is 2. The van der Waals surface area contributed by atoms with E-state index in [2.05, 4.69) is 0 Å². The van der Waals surface area contributed by atoms with Gasteiger partial charge in [-0.1, -0.05) is 6.92 Å². The van der Waals surface area contributed by atoms with Gasteiger partial charge >= 0.3 is 0 Å². The first-order valence-electron chi connectivity index (χ1n) is 8.17. The first kappa shape index (κ1) is 18.8. The van der Waals surface area contributed by atoms with Crippen LogP contribution >= 0.6 is 0 Å². The summed E-state index contributed by atoms with van der Waals surface area (Å²) in [6.07, 6.45) is 2.18. The highest BCUT2D eigenvalue weighted by atomic mass is 16.5. The third-order valence-electron chi connectivity index (χ3n) is 4.30. The summed E-state index contributed by atoms with van der Waals surface area (Å²) < 4.78 is 11.3. The maximum atomic E-state index is 9.99. The Morgan fingerprint density at radius 3 is 2.33 bits per heavy atom. The van der Waals surface area contributed by atoms with Gasteiger partial charge in [0.05, 0.1) is 24.4 Å². The van der Waals surface area contributed by atoms with E-state index in [1.165, 1.54) is 0 Å². The van der Waals surface area contributed by atoms with E-state index in [9.17, 15) is 15.3 Å². The van der Waals surface area contributed by atoms with Crippen LogP contribution in [0.4, 0.5) is 0 Å². The number of ether oxygens (including phenoxy) is 2. The average molecular weight is 304 g/mol. The van der Waals surface area contributed by atoms with Gasteiger partial charge < -0.3 is 24.8 Å². The number of aliphatic hydroxyl groups excluding tert-OH is 3. The molecule has 3 N–H and O–H groups in total. The van der Waals surface area contributed by atoms with Crippen LogP contribution in [0.5, 0.6) is 0 Å². The lowest BCUT2D eigenvalue weighted by Gasteiger charge is -2.40. The Balaban J connectivity index is 2.19. The molecule has 21 heavy (non-hydrogen) atoms. The van der Waals surface area contributed by atoms with Crippen molar-refractivity contribution in [2.45, 2.75) is 70.9 Å². The van der Waals surface area contributed by atoms with Crippen LogP contribution in [0.1, 0.15) is 46.5 Å². The molecule has 1 fully saturated rings. The quantitative estimate of drug-likeness (QED) is 0.560. The lowest BCUT2D eigenvalue weighted by atomic mass is 9.77. The summed E-state index contributed by atoms with van der Waals surface area (Å²) in [6.45, 7) is 7.28. The highest BCUT2D eigenvalue weighted by Gasteiger charge is 2.41. The molecule has 5 unspecified atom stereocenters. The minimum Gasteiger partial charge on any atom is -0.396 e. The van der Waals surface area contributed by atoms with Crippen LogP contribution in [0.15, 0.2) is 0 Å². The van der Waals surface area contributed by atoms with Gasteiger partial charge in [-0.2, -0.15) is 0 Å². The lowest BCUT2D eigenvalue weighted by Crippen LogP contribution is -2.50.